The summed E-state index contributed by atoms with van der Waals surface area (Å²) in [5.41, 5.74) is 2.62. The number of methoxy groups -OCH3 is 1. The molecule has 0 saturated heterocycles. The highest BCUT2D eigenvalue weighted by Gasteiger charge is 2.22. The van der Waals surface area contributed by atoms with E-state index in [1.807, 2.05) is 25.1 Å². The third-order valence-electron chi connectivity index (χ3n) is 5.05. The molecule has 3 aromatic carbocycles. The molecule has 0 radical (unpaired) electrons. The molecule has 10 heteroatoms. The lowest BCUT2D eigenvalue weighted by atomic mass is 10.2. The average Bonchev–Trinajstić information content (AvgIpc) is 2.80. The minimum absolute atomic E-state index is 0.157. The number of nitrogens with one attached hydrogen (secondary N) is 1. The Morgan fingerprint density at radius 2 is 1.73 bits per heavy atom. The molecule has 1 heterocycles. The van der Waals surface area contributed by atoms with Crippen molar-refractivity contribution >= 4 is 38.1 Å². The number of aromatic nitrogens is 2. The van der Waals surface area contributed by atoms with Crippen LogP contribution < -0.4 is 10.1 Å². The van der Waals surface area contributed by atoms with E-state index in [-0.39, 0.29) is 22.1 Å². The zero-order valence-corrected chi connectivity index (χ0v) is 18.7. The lowest BCUT2D eigenvalue weighted by molar-refractivity contribution is -0.385. The molecule has 4 rings (SSSR count). The van der Waals surface area contributed by atoms with Crippen molar-refractivity contribution in [2.45, 2.75) is 17.6 Å². The van der Waals surface area contributed by atoms with E-state index in [1.54, 1.807) is 31.4 Å². The van der Waals surface area contributed by atoms with Crippen molar-refractivity contribution in [3.05, 3.63) is 88.1 Å². The van der Waals surface area contributed by atoms with Gasteiger partial charge in [0, 0.05) is 23.9 Å². The monoisotopic (exact) mass is 464 g/mol. The highest BCUT2D eigenvalue weighted by Crippen LogP contribution is 2.29. The smallest absolute Gasteiger partial charge is 0.270 e. The van der Waals surface area contributed by atoms with Gasteiger partial charge >= 0.3 is 0 Å². The zero-order chi connectivity index (χ0) is 23.6. The molecule has 168 valence electrons. The molecule has 0 aliphatic heterocycles. The van der Waals surface area contributed by atoms with Gasteiger partial charge in [-0.2, -0.15) is 0 Å². The second-order valence-corrected chi connectivity index (χ2v) is 9.32. The van der Waals surface area contributed by atoms with E-state index < -0.39 is 20.5 Å². The molecule has 0 atom stereocenters. The standard InChI is InChI=1S/C23H20N4O5S/c1-15-10-11-17(32-2)13-21(15)26-23-22(24-19-8-3-4-9-20(19)25-23)14-33(30,31)18-7-5-6-16(12-18)27(28)29/h3-13H,14H2,1-2H3,(H,25,26). The van der Waals surface area contributed by atoms with Crippen molar-refractivity contribution in [1.82, 2.24) is 9.97 Å². The maximum absolute atomic E-state index is 13.1. The zero-order valence-electron chi connectivity index (χ0n) is 17.8. The van der Waals surface area contributed by atoms with Gasteiger partial charge < -0.3 is 10.1 Å². The first kappa shape index (κ1) is 22.2. The van der Waals surface area contributed by atoms with Crippen LogP contribution in [0.15, 0.2) is 71.6 Å². The molecule has 0 bridgehead atoms. The molecule has 1 aromatic heterocycles. The van der Waals surface area contributed by atoms with Gasteiger partial charge in [-0.25, -0.2) is 18.4 Å². The van der Waals surface area contributed by atoms with Crippen LogP contribution in [0, 0.1) is 17.0 Å². The highest BCUT2D eigenvalue weighted by atomic mass is 32.2. The van der Waals surface area contributed by atoms with Crippen LogP contribution in [0.5, 0.6) is 5.75 Å². The van der Waals surface area contributed by atoms with Gasteiger partial charge in [0.2, 0.25) is 0 Å². The van der Waals surface area contributed by atoms with Gasteiger partial charge in [-0.15, -0.1) is 0 Å². The molecule has 0 amide bonds. The van der Waals surface area contributed by atoms with Gasteiger partial charge in [0.05, 0.1) is 33.7 Å². The van der Waals surface area contributed by atoms with Crippen LogP contribution >= 0.6 is 0 Å². The van der Waals surface area contributed by atoms with Gasteiger partial charge in [0.15, 0.2) is 15.7 Å². The van der Waals surface area contributed by atoms with Gasteiger partial charge in [-0.1, -0.05) is 24.3 Å². The third kappa shape index (κ3) is 4.75. The topological polar surface area (TPSA) is 124 Å². The maximum Gasteiger partial charge on any atom is 0.270 e. The molecule has 0 spiro atoms. The van der Waals surface area contributed by atoms with E-state index >= 15 is 0 Å². The minimum atomic E-state index is -3.95. The van der Waals surface area contributed by atoms with Gasteiger partial charge in [-0.05, 0) is 36.8 Å². The van der Waals surface area contributed by atoms with Crippen LogP contribution in [0.4, 0.5) is 17.2 Å². The summed E-state index contributed by atoms with van der Waals surface area (Å²) in [6.07, 6.45) is 0. The number of hydrogen-bond donors (Lipinski definition) is 1. The number of fused-ring (bicyclic) bond motifs is 1. The summed E-state index contributed by atoms with van der Waals surface area (Å²) in [5, 5.41) is 14.3. The molecular weight excluding hydrogens is 444 g/mol. The van der Waals surface area contributed by atoms with Crippen LogP contribution in [0.3, 0.4) is 0 Å². The summed E-state index contributed by atoms with van der Waals surface area (Å²) in [7, 11) is -2.39. The van der Waals surface area contributed by atoms with Crippen molar-refractivity contribution in [2.75, 3.05) is 12.4 Å². The number of non-ortho nitro benzene ring substituents is 1. The molecule has 1 N–H and O–H groups in total. The largest absolute Gasteiger partial charge is 0.497 e. The van der Waals surface area contributed by atoms with Crippen molar-refractivity contribution in [2.24, 2.45) is 0 Å². The van der Waals surface area contributed by atoms with Crippen LogP contribution in [-0.4, -0.2) is 30.4 Å². The maximum atomic E-state index is 13.1. The molecular formula is C23H20N4O5S. The fraction of sp³-hybridized carbons (Fsp3) is 0.130. The second kappa shape index (κ2) is 8.83. The number of aryl methyl sites for hydroxylation is 1. The second-order valence-electron chi connectivity index (χ2n) is 7.33. The SMILES string of the molecule is COc1ccc(C)c(Nc2nc3ccccc3nc2CS(=O)(=O)c2cccc([N+](=O)[O-])c2)c1. The van der Waals surface area contributed by atoms with Crippen molar-refractivity contribution < 1.29 is 18.1 Å². The predicted octanol–water partition coefficient (Wildman–Crippen LogP) is 4.57. The number of nitro benzene ring substituents is 1. The summed E-state index contributed by atoms with van der Waals surface area (Å²) in [6.45, 7) is 1.90. The summed E-state index contributed by atoms with van der Waals surface area (Å²) in [5.74, 6) is 0.416. The Morgan fingerprint density at radius 3 is 2.42 bits per heavy atom. The number of para-hydroxylation sites is 2. The van der Waals surface area contributed by atoms with E-state index in [0.29, 0.717) is 22.5 Å². The van der Waals surface area contributed by atoms with E-state index in [9.17, 15) is 18.5 Å². The first-order chi connectivity index (χ1) is 15.8. The van der Waals surface area contributed by atoms with Crippen molar-refractivity contribution in [3.63, 3.8) is 0 Å². The fourth-order valence-corrected chi connectivity index (χ4v) is 4.60. The average molecular weight is 465 g/mol. The van der Waals surface area contributed by atoms with Gasteiger partial charge in [0.1, 0.15) is 11.5 Å². The third-order valence-corrected chi connectivity index (χ3v) is 6.68. The Morgan fingerprint density at radius 1 is 1.00 bits per heavy atom. The van der Waals surface area contributed by atoms with Crippen LogP contribution in [0.1, 0.15) is 11.3 Å². The fourth-order valence-electron chi connectivity index (χ4n) is 3.28. The molecule has 0 aliphatic carbocycles. The van der Waals surface area contributed by atoms with Gasteiger partial charge in [0.25, 0.3) is 5.69 Å². The molecule has 0 unspecified atom stereocenters. The number of ether oxygens (including phenoxy) is 1. The predicted molar refractivity (Wildman–Crippen MR) is 125 cm³/mol. The van der Waals surface area contributed by atoms with Gasteiger partial charge in [-0.3, -0.25) is 10.1 Å². The molecule has 9 nitrogen and oxygen atoms in total. The summed E-state index contributed by atoms with van der Waals surface area (Å²) in [6, 6.07) is 17.6. The van der Waals surface area contributed by atoms with E-state index in [0.717, 1.165) is 11.6 Å². The Kier molecular flexibility index (Phi) is 5.93. The highest BCUT2D eigenvalue weighted by molar-refractivity contribution is 7.90. The first-order valence-corrected chi connectivity index (χ1v) is 11.6. The lowest BCUT2D eigenvalue weighted by Crippen LogP contribution is -2.11. The Labute approximate surface area is 190 Å². The normalized spacial score (nSPS) is 11.3. The molecule has 0 aliphatic rings. The molecule has 4 aromatic rings. The number of nitro groups is 1. The minimum Gasteiger partial charge on any atom is -0.497 e. The lowest BCUT2D eigenvalue weighted by Gasteiger charge is -2.15. The summed E-state index contributed by atoms with van der Waals surface area (Å²) < 4.78 is 31.6. The first-order valence-electron chi connectivity index (χ1n) is 9.91. The number of nitrogens with zero attached hydrogens (tertiary/aromatic N) is 3. The number of benzene rings is 3. The van der Waals surface area contributed by atoms with Crippen molar-refractivity contribution in [3.8, 4) is 5.75 Å². The number of sulfone groups is 1. The van der Waals surface area contributed by atoms with E-state index in [1.165, 1.54) is 18.2 Å². The Bertz CT molecular complexity index is 1470. The number of hydrogen-bond acceptors (Lipinski definition) is 8. The van der Waals surface area contributed by atoms with Crippen molar-refractivity contribution in [1.29, 1.82) is 0 Å². The van der Waals surface area contributed by atoms with E-state index in [2.05, 4.69) is 15.3 Å². The van der Waals surface area contributed by atoms with Crippen LogP contribution in [0.2, 0.25) is 0 Å². The van der Waals surface area contributed by atoms with Crippen LogP contribution in [0.25, 0.3) is 11.0 Å². The molecule has 0 saturated carbocycles. The number of rotatable bonds is 7. The Hall–Kier alpha value is -4.05. The molecule has 33 heavy (non-hydrogen) atoms. The van der Waals surface area contributed by atoms with Crippen LogP contribution in [-0.2, 0) is 15.6 Å². The molecule has 0 fully saturated rings. The quantitative estimate of drug-likeness (QED) is 0.311. The number of anilines is 2. The summed E-state index contributed by atoms with van der Waals surface area (Å²) >= 11 is 0. The van der Waals surface area contributed by atoms with E-state index in [4.69, 9.17) is 4.74 Å². The summed E-state index contributed by atoms with van der Waals surface area (Å²) in [4.78, 5) is 19.5. The Balaban J connectivity index is 1.80.